The first-order valence-corrected chi connectivity index (χ1v) is 12.8. The van der Waals surface area contributed by atoms with Gasteiger partial charge in [-0.05, 0) is 55.8 Å². The molecule has 0 radical (unpaired) electrons. The lowest BCUT2D eigenvalue weighted by Gasteiger charge is -2.25. The third kappa shape index (κ3) is 5.19. The molecular formula is C28H25ClN2O6S. The topological polar surface area (TPSA) is 88.4 Å². The van der Waals surface area contributed by atoms with E-state index in [0.717, 1.165) is 0 Å². The third-order valence-corrected chi connectivity index (χ3v) is 7.01. The molecule has 1 aliphatic heterocycles. The Bertz CT molecular complexity index is 1650. The Morgan fingerprint density at radius 1 is 1.18 bits per heavy atom. The first-order chi connectivity index (χ1) is 18.3. The van der Waals surface area contributed by atoms with E-state index in [1.165, 1.54) is 30.1 Å². The van der Waals surface area contributed by atoms with E-state index in [1.54, 1.807) is 49.4 Å². The second-order valence-electron chi connectivity index (χ2n) is 8.09. The van der Waals surface area contributed by atoms with Gasteiger partial charge in [0.25, 0.3) is 5.56 Å². The Kier molecular flexibility index (Phi) is 8.25. The van der Waals surface area contributed by atoms with Crippen LogP contribution in [0.5, 0.6) is 17.2 Å². The predicted molar refractivity (Wildman–Crippen MR) is 146 cm³/mol. The number of esters is 1. The normalized spacial score (nSPS) is 14.8. The van der Waals surface area contributed by atoms with Gasteiger partial charge in [0.15, 0.2) is 16.3 Å². The number of terminal acetylenes is 1. The molecule has 196 valence electrons. The molecule has 0 unspecified atom stereocenters. The number of rotatable bonds is 8. The number of carbonyl (C=O) groups excluding carboxylic acids is 1. The number of hydrogen-bond acceptors (Lipinski definition) is 8. The SMILES string of the molecule is C#CCOc1ccc(/C=c2\sc3n(c2=O)[C@@H](c2cc(Cl)ccc2OC)C(C(=O)OC)=C(C)N=3)cc1OCC. The summed E-state index contributed by atoms with van der Waals surface area (Å²) in [6.07, 6.45) is 7.05. The van der Waals surface area contributed by atoms with Gasteiger partial charge in [-0.15, -0.1) is 6.42 Å². The van der Waals surface area contributed by atoms with Crippen LogP contribution in [0.3, 0.4) is 0 Å². The van der Waals surface area contributed by atoms with E-state index in [9.17, 15) is 9.59 Å². The summed E-state index contributed by atoms with van der Waals surface area (Å²) in [5.74, 6) is 3.32. The standard InChI is InChI=1S/C28H25ClN2O6S/c1-6-12-37-21-10-8-17(13-22(21)36-7-2)14-23-26(32)31-25(19-15-18(29)9-11-20(19)34-4)24(27(33)35-5)16(3)30-28(31)38-23/h1,8-11,13-15,25H,7,12H2,2-5H3/b23-14-/t25-/m0/s1. The molecule has 0 saturated heterocycles. The summed E-state index contributed by atoms with van der Waals surface area (Å²) in [5.41, 5.74) is 1.58. The van der Waals surface area contributed by atoms with Crippen LogP contribution in [-0.4, -0.2) is 38.0 Å². The maximum absolute atomic E-state index is 13.8. The number of carbonyl (C=O) groups is 1. The Labute approximate surface area is 228 Å². The molecule has 0 amide bonds. The number of thiazole rings is 1. The van der Waals surface area contributed by atoms with E-state index in [4.69, 9.17) is 37.0 Å². The minimum Gasteiger partial charge on any atom is -0.496 e. The lowest BCUT2D eigenvalue weighted by molar-refractivity contribution is -0.136. The van der Waals surface area contributed by atoms with Crippen LogP contribution in [0, 0.1) is 12.3 Å². The smallest absolute Gasteiger partial charge is 0.338 e. The predicted octanol–water partition coefficient (Wildman–Crippen LogP) is 3.48. The molecule has 0 bridgehead atoms. The van der Waals surface area contributed by atoms with E-state index in [1.807, 2.05) is 6.92 Å². The van der Waals surface area contributed by atoms with Gasteiger partial charge in [-0.1, -0.05) is 34.9 Å². The summed E-state index contributed by atoms with van der Waals surface area (Å²) >= 11 is 7.52. The van der Waals surface area contributed by atoms with E-state index in [-0.39, 0.29) is 17.7 Å². The molecule has 1 aromatic heterocycles. The average molecular weight is 553 g/mol. The number of methoxy groups -OCH3 is 2. The number of halogens is 1. The van der Waals surface area contributed by atoms with Crippen molar-refractivity contribution in [1.82, 2.24) is 4.57 Å². The molecule has 4 rings (SSSR count). The van der Waals surface area contributed by atoms with Crippen molar-refractivity contribution in [2.75, 3.05) is 27.4 Å². The molecule has 38 heavy (non-hydrogen) atoms. The van der Waals surface area contributed by atoms with Gasteiger partial charge in [0, 0.05) is 10.6 Å². The Hall–Kier alpha value is -4.00. The van der Waals surface area contributed by atoms with Gasteiger partial charge >= 0.3 is 5.97 Å². The first-order valence-electron chi connectivity index (χ1n) is 11.6. The Balaban J connectivity index is 1.93. The van der Waals surface area contributed by atoms with Crippen molar-refractivity contribution < 1.29 is 23.7 Å². The van der Waals surface area contributed by atoms with E-state index >= 15 is 0 Å². The molecule has 0 saturated carbocycles. The molecule has 1 atom stereocenters. The van der Waals surface area contributed by atoms with E-state index in [0.29, 0.717) is 55.0 Å². The molecular weight excluding hydrogens is 528 g/mol. The molecule has 1 aliphatic rings. The van der Waals surface area contributed by atoms with Gasteiger partial charge < -0.3 is 18.9 Å². The lowest BCUT2D eigenvalue weighted by Crippen LogP contribution is -2.40. The molecule has 0 fully saturated rings. The number of ether oxygens (including phenoxy) is 4. The van der Waals surface area contributed by atoms with E-state index in [2.05, 4.69) is 10.9 Å². The number of aromatic nitrogens is 1. The van der Waals surface area contributed by atoms with Crippen LogP contribution in [0.25, 0.3) is 6.08 Å². The zero-order valence-corrected chi connectivity index (χ0v) is 22.8. The van der Waals surface area contributed by atoms with Crippen LogP contribution in [0.1, 0.15) is 31.0 Å². The molecule has 0 N–H and O–H groups in total. The monoisotopic (exact) mass is 552 g/mol. The van der Waals surface area contributed by atoms with Crippen LogP contribution >= 0.6 is 22.9 Å². The summed E-state index contributed by atoms with van der Waals surface area (Å²) in [7, 11) is 2.80. The fourth-order valence-electron chi connectivity index (χ4n) is 4.18. The van der Waals surface area contributed by atoms with Gasteiger partial charge in [0.2, 0.25) is 0 Å². The van der Waals surface area contributed by atoms with Gasteiger partial charge in [-0.2, -0.15) is 0 Å². The van der Waals surface area contributed by atoms with Gasteiger partial charge in [-0.3, -0.25) is 9.36 Å². The second-order valence-corrected chi connectivity index (χ2v) is 9.54. The van der Waals surface area contributed by atoms with Crippen molar-refractivity contribution in [3.63, 3.8) is 0 Å². The van der Waals surface area contributed by atoms with Crippen molar-refractivity contribution in [2.24, 2.45) is 4.99 Å². The number of benzene rings is 2. The summed E-state index contributed by atoms with van der Waals surface area (Å²) in [6, 6.07) is 9.50. The van der Waals surface area contributed by atoms with Crippen LogP contribution in [-0.2, 0) is 9.53 Å². The molecule has 10 heteroatoms. The van der Waals surface area contributed by atoms with Crippen molar-refractivity contribution in [3.05, 3.63) is 83.5 Å². The van der Waals surface area contributed by atoms with Crippen molar-refractivity contribution in [2.45, 2.75) is 19.9 Å². The first kappa shape index (κ1) is 27.0. The maximum Gasteiger partial charge on any atom is 0.338 e. The highest BCUT2D eigenvalue weighted by Crippen LogP contribution is 2.37. The quantitative estimate of drug-likeness (QED) is 0.314. The highest BCUT2D eigenvalue weighted by molar-refractivity contribution is 7.07. The number of nitrogens with zero attached hydrogens (tertiary/aromatic N) is 2. The number of hydrogen-bond donors (Lipinski definition) is 0. The summed E-state index contributed by atoms with van der Waals surface area (Å²) < 4.78 is 23.8. The lowest BCUT2D eigenvalue weighted by atomic mass is 9.95. The van der Waals surface area contributed by atoms with Crippen LogP contribution in [0.4, 0.5) is 0 Å². The molecule has 0 spiro atoms. The van der Waals surface area contributed by atoms with Crippen LogP contribution in [0.15, 0.2) is 57.5 Å². The molecule has 0 aliphatic carbocycles. The summed E-state index contributed by atoms with van der Waals surface area (Å²) in [6.45, 7) is 4.10. The highest BCUT2D eigenvalue weighted by Gasteiger charge is 2.35. The fourth-order valence-corrected chi connectivity index (χ4v) is 5.41. The number of fused-ring (bicyclic) bond motifs is 1. The summed E-state index contributed by atoms with van der Waals surface area (Å²) in [5, 5.41) is 0.428. The fraction of sp³-hybridized carbons (Fsp3) is 0.250. The molecule has 2 aromatic carbocycles. The molecule has 3 aromatic rings. The Morgan fingerprint density at radius 2 is 1.95 bits per heavy atom. The van der Waals surface area contributed by atoms with Gasteiger partial charge in [-0.25, -0.2) is 9.79 Å². The zero-order valence-electron chi connectivity index (χ0n) is 21.2. The van der Waals surface area contributed by atoms with Crippen molar-refractivity contribution in [3.8, 4) is 29.6 Å². The largest absolute Gasteiger partial charge is 0.496 e. The molecule has 8 nitrogen and oxygen atoms in total. The Morgan fingerprint density at radius 3 is 2.63 bits per heavy atom. The molecule has 2 heterocycles. The minimum absolute atomic E-state index is 0.104. The average Bonchev–Trinajstić information content (AvgIpc) is 3.21. The third-order valence-electron chi connectivity index (χ3n) is 5.79. The summed E-state index contributed by atoms with van der Waals surface area (Å²) in [4.78, 5) is 31.7. The minimum atomic E-state index is -0.854. The number of allylic oxidation sites excluding steroid dienone is 1. The van der Waals surface area contributed by atoms with E-state index < -0.39 is 12.0 Å². The van der Waals surface area contributed by atoms with Crippen molar-refractivity contribution in [1.29, 1.82) is 0 Å². The van der Waals surface area contributed by atoms with Crippen LogP contribution in [0.2, 0.25) is 5.02 Å². The van der Waals surface area contributed by atoms with Crippen molar-refractivity contribution >= 4 is 35.0 Å². The van der Waals surface area contributed by atoms with Crippen LogP contribution < -0.4 is 29.1 Å². The second kappa shape index (κ2) is 11.6. The highest BCUT2D eigenvalue weighted by atomic mass is 35.5. The van der Waals surface area contributed by atoms with Gasteiger partial charge in [0.1, 0.15) is 18.4 Å². The van der Waals surface area contributed by atoms with Gasteiger partial charge in [0.05, 0.1) is 36.6 Å². The zero-order chi connectivity index (χ0) is 27.4. The maximum atomic E-state index is 13.8.